The van der Waals surface area contributed by atoms with Crippen LogP contribution < -0.4 is 5.32 Å². The van der Waals surface area contributed by atoms with Crippen molar-refractivity contribution in [3.63, 3.8) is 0 Å². The maximum Gasteiger partial charge on any atom is 0.220 e. The van der Waals surface area contributed by atoms with Crippen molar-refractivity contribution in [2.45, 2.75) is 198 Å². The minimum atomic E-state index is -1.59. The zero-order valence-electron chi connectivity index (χ0n) is 37.9. The van der Waals surface area contributed by atoms with Gasteiger partial charge < -0.3 is 40.3 Å². The maximum atomic E-state index is 13.0. The van der Waals surface area contributed by atoms with Crippen LogP contribution in [0.1, 0.15) is 155 Å². The Morgan fingerprint density at radius 2 is 1.03 bits per heavy atom. The smallest absolute Gasteiger partial charge is 0.220 e. The van der Waals surface area contributed by atoms with Crippen molar-refractivity contribution in [3.05, 3.63) is 109 Å². The monoisotopic (exact) mass is 852 g/mol. The molecule has 7 atom stereocenters. The fourth-order valence-corrected chi connectivity index (χ4v) is 6.54. The molecule has 1 rings (SSSR count). The molecule has 1 aliphatic heterocycles. The molecule has 0 aromatic heterocycles. The Morgan fingerprint density at radius 1 is 0.574 bits per heavy atom. The van der Waals surface area contributed by atoms with E-state index in [4.69, 9.17) is 9.47 Å². The Labute approximate surface area is 370 Å². The third kappa shape index (κ3) is 31.4. The fourth-order valence-electron chi connectivity index (χ4n) is 6.54. The number of nitrogens with one attached hydrogen (secondary N) is 1. The van der Waals surface area contributed by atoms with Crippen LogP contribution in [0, 0.1) is 0 Å². The van der Waals surface area contributed by atoms with Crippen molar-refractivity contribution in [2.75, 3.05) is 13.2 Å². The highest BCUT2D eigenvalue weighted by Crippen LogP contribution is 2.22. The third-order valence-corrected chi connectivity index (χ3v) is 10.3. The molecule has 0 aromatic carbocycles. The molecule has 9 heteroatoms. The largest absolute Gasteiger partial charge is 0.394 e. The van der Waals surface area contributed by atoms with E-state index in [-0.39, 0.29) is 18.9 Å². The summed E-state index contributed by atoms with van der Waals surface area (Å²) in [5.41, 5.74) is 0. The lowest BCUT2D eigenvalue weighted by molar-refractivity contribution is -0.302. The van der Waals surface area contributed by atoms with E-state index in [1.54, 1.807) is 6.08 Å². The number of hydrogen-bond acceptors (Lipinski definition) is 8. The normalized spacial score (nSPS) is 21.5. The lowest BCUT2D eigenvalue weighted by Gasteiger charge is -2.40. The lowest BCUT2D eigenvalue weighted by atomic mass is 9.99. The van der Waals surface area contributed by atoms with Gasteiger partial charge in [0.15, 0.2) is 6.29 Å². The van der Waals surface area contributed by atoms with Gasteiger partial charge in [0, 0.05) is 6.42 Å². The second-order valence-corrected chi connectivity index (χ2v) is 15.8. The predicted octanol–water partition coefficient (Wildman–Crippen LogP) is 10.3. The summed E-state index contributed by atoms with van der Waals surface area (Å²) in [6, 6.07) is -0.858. The number of unbranched alkanes of at least 4 members (excludes halogenated alkanes) is 11. The van der Waals surface area contributed by atoms with Crippen molar-refractivity contribution < 1.29 is 39.8 Å². The number of hydrogen-bond donors (Lipinski definition) is 6. The maximum absolute atomic E-state index is 13.0. The minimum Gasteiger partial charge on any atom is -0.394 e. The molecule has 1 aliphatic rings. The van der Waals surface area contributed by atoms with Gasteiger partial charge in [-0.3, -0.25) is 4.79 Å². The first-order valence-corrected chi connectivity index (χ1v) is 23.6. The lowest BCUT2D eigenvalue weighted by Crippen LogP contribution is -2.60. The molecule has 61 heavy (non-hydrogen) atoms. The molecule has 0 aliphatic carbocycles. The number of aliphatic hydroxyl groups is 5. The van der Waals surface area contributed by atoms with Crippen LogP contribution in [-0.2, 0) is 14.3 Å². The summed E-state index contributed by atoms with van der Waals surface area (Å²) >= 11 is 0. The molecule has 1 fully saturated rings. The third-order valence-electron chi connectivity index (χ3n) is 10.3. The van der Waals surface area contributed by atoms with Crippen molar-refractivity contribution in [1.82, 2.24) is 5.32 Å². The van der Waals surface area contributed by atoms with E-state index in [1.165, 1.54) is 44.9 Å². The molecule has 346 valence electrons. The summed E-state index contributed by atoms with van der Waals surface area (Å²) in [4.78, 5) is 13.0. The second-order valence-electron chi connectivity index (χ2n) is 15.8. The van der Waals surface area contributed by atoms with E-state index in [0.29, 0.717) is 12.8 Å². The zero-order chi connectivity index (χ0) is 44.4. The van der Waals surface area contributed by atoms with Crippen LogP contribution in [0.4, 0.5) is 0 Å². The first kappa shape index (κ1) is 55.9. The summed E-state index contributed by atoms with van der Waals surface area (Å²) < 4.78 is 11.2. The zero-order valence-corrected chi connectivity index (χ0v) is 37.9. The van der Waals surface area contributed by atoms with E-state index in [1.807, 2.05) is 6.08 Å². The molecule has 7 unspecified atom stereocenters. The van der Waals surface area contributed by atoms with Crippen molar-refractivity contribution in [3.8, 4) is 0 Å². The molecule has 9 nitrogen and oxygen atoms in total. The highest BCUT2D eigenvalue weighted by atomic mass is 16.7. The molecule has 6 N–H and O–H groups in total. The fraction of sp³-hybridized carbons (Fsp3) is 0.635. The summed E-state index contributed by atoms with van der Waals surface area (Å²) in [5, 5.41) is 54.2. The number of carbonyl (C=O) groups excluding carboxylic acids is 1. The van der Waals surface area contributed by atoms with E-state index in [0.717, 1.165) is 77.0 Å². The molecule has 0 spiro atoms. The standard InChI is InChI=1S/C52H85NO8/c1-3-5-7-9-11-13-15-17-19-21-22-23-24-26-28-30-32-34-36-38-40-42-48(56)53-45(44-60-52-51(59)50(58)49(57)47(43-54)61-52)46(55)41-39-37-35-33-31-29-27-25-20-18-16-14-12-10-8-6-4-2/h5,7,11,13,17,19-20,22-23,25-26,28,31-34,39,41,45-47,49-52,54-55,57-59H,3-4,6,8-10,12,14-16,18,21,24,27,29-30,35-38,40,42-44H2,1-2H3,(H,53,56)/b7-5-,13-11-,19-17-,23-22-,25-20+,28-26-,33-31+,34-32-,41-39+. The van der Waals surface area contributed by atoms with Crippen LogP contribution in [0.25, 0.3) is 0 Å². The first-order valence-electron chi connectivity index (χ1n) is 23.6. The summed E-state index contributed by atoms with van der Waals surface area (Å²) in [6.45, 7) is 3.58. The number of allylic oxidation sites excluding steroid dienone is 17. The number of aliphatic hydroxyl groups excluding tert-OH is 5. The van der Waals surface area contributed by atoms with Gasteiger partial charge in [0.25, 0.3) is 0 Å². The molecule has 1 amide bonds. The van der Waals surface area contributed by atoms with E-state index in [2.05, 4.69) is 116 Å². The van der Waals surface area contributed by atoms with Gasteiger partial charge in [0.2, 0.25) is 5.91 Å². The Kier molecular flexibility index (Phi) is 37.5. The van der Waals surface area contributed by atoms with E-state index < -0.39 is 49.5 Å². The highest BCUT2D eigenvalue weighted by molar-refractivity contribution is 5.76. The number of amides is 1. The molecular weight excluding hydrogens is 767 g/mol. The van der Waals surface area contributed by atoms with E-state index >= 15 is 0 Å². The minimum absolute atomic E-state index is 0.231. The number of carbonyl (C=O) groups is 1. The Morgan fingerprint density at radius 3 is 1.57 bits per heavy atom. The van der Waals surface area contributed by atoms with Gasteiger partial charge in [0.1, 0.15) is 24.4 Å². The topological polar surface area (TPSA) is 149 Å². The quantitative estimate of drug-likeness (QED) is 0.0267. The molecule has 1 heterocycles. The highest BCUT2D eigenvalue weighted by Gasteiger charge is 2.44. The second kappa shape index (κ2) is 40.9. The summed E-state index contributed by atoms with van der Waals surface area (Å²) in [5.74, 6) is -0.239. The van der Waals surface area contributed by atoms with Crippen molar-refractivity contribution >= 4 is 5.91 Å². The SMILES string of the molecule is CC/C=C\C/C=C\C/C=C\C/C=C\C/C=C\C/C=C\CCCCC(=O)NC(COC1OC(CO)C(O)C(O)C1O)C(O)/C=C/CC/C=C/CC/C=C/CCCCCCCCC. The van der Waals surface area contributed by atoms with Crippen LogP contribution >= 0.6 is 0 Å². The first-order chi connectivity index (χ1) is 29.8. The molecule has 0 aromatic rings. The predicted molar refractivity (Wildman–Crippen MR) is 253 cm³/mol. The molecule has 0 radical (unpaired) electrons. The van der Waals surface area contributed by atoms with Gasteiger partial charge in [-0.25, -0.2) is 0 Å². The Hall–Kier alpha value is -3.15. The van der Waals surface area contributed by atoms with Gasteiger partial charge >= 0.3 is 0 Å². The Bertz CT molecular complexity index is 1310. The average Bonchev–Trinajstić information content (AvgIpc) is 3.26. The molecular formula is C52H85NO8. The summed E-state index contributed by atoms with van der Waals surface area (Å²) in [7, 11) is 0. The van der Waals surface area contributed by atoms with Gasteiger partial charge in [-0.15, -0.1) is 0 Å². The molecule has 0 saturated carbocycles. The Balaban J connectivity index is 2.44. The van der Waals surface area contributed by atoms with Crippen molar-refractivity contribution in [2.24, 2.45) is 0 Å². The van der Waals surface area contributed by atoms with Gasteiger partial charge in [-0.05, 0) is 96.3 Å². The van der Waals surface area contributed by atoms with Crippen molar-refractivity contribution in [1.29, 1.82) is 0 Å². The van der Waals surface area contributed by atoms with Gasteiger partial charge in [0.05, 0.1) is 25.4 Å². The van der Waals surface area contributed by atoms with Crippen LogP contribution in [0.3, 0.4) is 0 Å². The molecule has 0 bridgehead atoms. The van der Waals surface area contributed by atoms with Gasteiger partial charge in [-0.2, -0.15) is 0 Å². The van der Waals surface area contributed by atoms with E-state index in [9.17, 15) is 30.3 Å². The average molecular weight is 852 g/mol. The number of ether oxygens (including phenoxy) is 2. The van der Waals surface area contributed by atoms with Crippen LogP contribution in [-0.4, -0.2) is 87.5 Å². The van der Waals surface area contributed by atoms with Crippen LogP contribution in [0.15, 0.2) is 109 Å². The molecule has 1 saturated heterocycles. The summed E-state index contributed by atoms with van der Waals surface area (Å²) in [6.07, 6.45) is 52.7. The van der Waals surface area contributed by atoms with Crippen LogP contribution in [0.2, 0.25) is 0 Å². The van der Waals surface area contributed by atoms with Crippen LogP contribution in [0.5, 0.6) is 0 Å². The number of rotatable bonds is 37. The van der Waals surface area contributed by atoms with Gasteiger partial charge in [-0.1, -0.05) is 162 Å².